The lowest BCUT2D eigenvalue weighted by atomic mass is 10.0. The van der Waals surface area contributed by atoms with Crippen molar-refractivity contribution in [1.82, 2.24) is 40.2 Å². The first-order valence-corrected chi connectivity index (χ1v) is 12.7. The smallest absolute Gasteiger partial charge is 0.252 e. The molecule has 39 heavy (non-hydrogen) atoms. The van der Waals surface area contributed by atoms with E-state index in [1.54, 1.807) is 27.6 Å². The summed E-state index contributed by atoms with van der Waals surface area (Å²) in [6.45, 7) is 0. The second-order valence-corrected chi connectivity index (χ2v) is 9.88. The SMILES string of the molecule is O=C1CC(c2cccc(-c3cnc([C@@H]4CCc5cc(-c6cc(Cl)ccc6-n6cnnn6)cc(=O)n54)[nH]3)c2)=NN1. The fourth-order valence-corrected chi connectivity index (χ4v) is 5.44. The van der Waals surface area contributed by atoms with Crippen LogP contribution in [0, 0.1) is 0 Å². The highest BCUT2D eigenvalue weighted by Gasteiger charge is 2.28. The molecule has 2 aliphatic rings. The fraction of sp³-hybridized carbons (Fsp3) is 0.148. The van der Waals surface area contributed by atoms with Crippen molar-refractivity contribution in [2.24, 2.45) is 5.10 Å². The number of aryl methyl sites for hydroxylation is 1. The number of halogens is 1. The molecule has 1 atom stereocenters. The first-order chi connectivity index (χ1) is 19.0. The van der Waals surface area contributed by atoms with Crippen LogP contribution in [-0.4, -0.2) is 46.4 Å². The Hall–Kier alpha value is -4.90. The van der Waals surface area contributed by atoms with Gasteiger partial charge in [0, 0.05) is 27.9 Å². The van der Waals surface area contributed by atoms with Gasteiger partial charge in [0.1, 0.15) is 12.2 Å². The van der Waals surface area contributed by atoms with Gasteiger partial charge in [0.2, 0.25) is 5.91 Å². The molecule has 0 saturated carbocycles. The third-order valence-corrected chi connectivity index (χ3v) is 7.30. The third-order valence-electron chi connectivity index (χ3n) is 7.06. The number of aromatic amines is 1. The highest BCUT2D eigenvalue weighted by molar-refractivity contribution is 6.31. The van der Waals surface area contributed by atoms with Crippen molar-refractivity contribution < 1.29 is 4.79 Å². The van der Waals surface area contributed by atoms with Crippen molar-refractivity contribution in [3.8, 4) is 28.1 Å². The van der Waals surface area contributed by atoms with E-state index in [0.29, 0.717) is 10.7 Å². The second-order valence-electron chi connectivity index (χ2n) is 9.45. The number of aromatic nitrogens is 7. The molecule has 0 spiro atoms. The van der Waals surface area contributed by atoms with Gasteiger partial charge in [0.15, 0.2) is 0 Å². The molecule has 11 nitrogen and oxygen atoms in total. The molecular weight excluding hydrogens is 518 g/mol. The van der Waals surface area contributed by atoms with Crippen LogP contribution < -0.4 is 11.0 Å². The number of hydrogen-bond acceptors (Lipinski definition) is 7. The van der Waals surface area contributed by atoms with E-state index in [1.807, 2.05) is 42.5 Å². The van der Waals surface area contributed by atoms with E-state index in [0.717, 1.165) is 58.0 Å². The van der Waals surface area contributed by atoms with Crippen LogP contribution in [0.4, 0.5) is 0 Å². The van der Waals surface area contributed by atoms with Gasteiger partial charge in [-0.2, -0.15) is 9.78 Å². The molecule has 3 aromatic heterocycles. The van der Waals surface area contributed by atoms with Crippen LogP contribution in [0.2, 0.25) is 5.02 Å². The molecule has 5 heterocycles. The number of nitrogens with one attached hydrogen (secondary N) is 2. The van der Waals surface area contributed by atoms with Crippen LogP contribution in [-0.2, 0) is 11.2 Å². The Morgan fingerprint density at radius 3 is 2.72 bits per heavy atom. The Kier molecular flexibility index (Phi) is 5.44. The molecule has 0 fully saturated rings. The van der Waals surface area contributed by atoms with E-state index in [9.17, 15) is 9.59 Å². The molecule has 2 aromatic carbocycles. The Morgan fingerprint density at radius 2 is 1.90 bits per heavy atom. The number of imidazole rings is 1. The summed E-state index contributed by atoms with van der Waals surface area (Å²) in [6, 6.07) is 16.6. The molecular formula is C27H20ClN9O2. The first kappa shape index (κ1) is 23.2. The van der Waals surface area contributed by atoms with Crippen molar-refractivity contribution >= 4 is 23.2 Å². The molecule has 1 amide bonds. The van der Waals surface area contributed by atoms with Gasteiger partial charge in [-0.25, -0.2) is 10.4 Å². The molecule has 0 bridgehead atoms. The molecule has 12 heteroatoms. The molecule has 0 aliphatic carbocycles. The third kappa shape index (κ3) is 4.12. The Labute approximate surface area is 226 Å². The van der Waals surface area contributed by atoms with Crippen molar-refractivity contribution in [2.45, 2.75) is 25.3 Å². The fourth-order valence-electron chi connectivity index (χ4n) is 5.27. The molecule has 0 saturated heterocycles. The lowest BCUT2D eigenvalue weighted by Crippen LogP contribution is -2.23. The number of tetrazole rings is 1. The number of hydrogen-bond donors (Lipinski definition) is 2. The Morgan fingerprint density at radius 1 is 1.00 bits per heavy atom. The Balaban J connectivity index is 1.22. The number of H-pyrrole nitrogens is 1. The molecule has 2 aliphatic heterocycles. The van der Waals surface area contributed by atoms with Crippen LogP contribution in [0.15, 0.2) is 77.0 Å². The number of benzene rings is 2. The number of rotatable bonds is 5. The second kappa shape index (κ2) is 9.14. The van der Waals surface area contributed by atoms with Gasteiger partial charge in [-0.1, -0.05) is 29.8 Å². The zero-order chi connectivity index (χ0) is 26.5. The average molecular weight is 538 g/mol. The summed E-state index contributed by atoms with van der Waals surface area (Å²) in [5, 5.41) is 16.1. The lowest BCUT2D eigenvalue weighted by Gasteiger charge is -2.15. The number of pyridine rings is 1. The highest BCUT2D eigenvalue weighted by Crippen LogP contribution is 2.34. The van der Waals surface area contributed by atoms with Crippen LogP contribution in [0.5, 0.6) is 0 Å². The van der Waals surface area contributed by atoms with Gasteiger partial charge in [0.05, 0.1) is 35.8 Å². The maximum absolute atomic E-state index is 13.5. The van der Waals surface area contributed by atoms with Gasteiger partial charge >= 0.3 is 0 Å². The summed E-state index contributed by atoms with van der Waals surface area (Å²) < 4.78 is 3.35. The quantitative estimate of drug-likeness (QED) is 0.353. The van der Waals surface area contributed by atoms with Gasteiger partial charge in [-0.3, -0.25) is 9.59 Å². The normalized spacial score (nSPS) is 16.3. The summed E-state index contributed by atoms with van der Waals surface area (Å²) in [5.74, 6) is 0.603. The number of carbonyl (C=O) groups is 1. The predicted octanol–water partition coefficient (Wildman–Crippen LogP) is 3.29. The van der Waals surface area contributed by atoms with Crippen molar-refractivity contribution in [2.75, 3.05) is 0 Å². The van der Waals surface area contributed by atoms with E-state index < -0.39 is 0 Å². The van der Waals surface area contributed by atoms with Gasteiger partial charge in [-0.15, -0.1) is 5.10 Å². The van der Waals surface area contributed by atoms with Crippen LogP contribution in [0.1, 0.15) is 36.0 Å². The Bertz CT molecular complexity index is 1840. The number of fused-ring (bicyclic) bond motifs is 1. The van der Waals surface area contributed by atoms with E-state index in [4.69, 9.17) is 11.6 Å². The first-order valence-electron chi connectivity index (χ1n) is 12.3. The van der Waals surface area contributed by atoms with Gasteiger partial charge < -0.3 is 9.55 Å². The lowest BCUT2D eigenvalue weighted by molar-refractivity contribution is -0.119. The number of amides is 1. The van der Waals surface area contributed by atoms with Crippen LogP contribution in [0.25, 0.3) is 28.1 Å². The predicted molar refractivity (Wildman–Crippen MR) is 144 cm³/mol. The van der Waals surface area contributed by atoms with Crippen LogP contribution >= 0.6 is 11.6 Å². The minimum atomic E-state index is -0.210. The average Bonchev–Trinajstić information content (AvgIpc) is 3.75. The summed E-state index contributed by atoms with van der Waals surface area (Å²) in [7, 11) is 0. The maximum atomic E-state index is 13.5. The van der Waals surface area contributed by atoms with Crippen molar-refractivity contribution in [1.29, 1.82) is 0 Å². The topological polar surface area (TPSA) is 136 Å². The van der Waals surface area contributed by atoms with Crippen LogP contribution in [0.3, 0.4) is 0 Å². The van der Waals surface area contributed by atoms with E-state index in [2.05, 4.69) is 36.0 Å². The van der Waals surface area contributed by atoms with Gasteiger partial charge in [-0.05, 0) is 64.7 Å². The zero-order valence-electron chi connectivity index (χ0n) is 20.4. The summed E-state index contributed by atoms with van der Waals surface area (Å²) in [4.78, 5) is 33.1. The van der Waals surface area contributed by atoms with E-state index >= 15 is 0 Å². The standard InChI is InChI=1S/C27H20ClN9O2/c28-18-4-6-23(36-14-30-34-35-36)20(11-18)17-9-19-5-7-24(37(19)26(39)10-17)27-29-13-22(31-27)16-3-1-2-15(8-16)21-12-25(38)33-32-21/h1-4,6,8-11,13-14,24H,5,7,12H2,(H,29,31)(H,33,38)/t24-/m0/s1. The maximum Gasteiger partial charge on any atom is 0.252 e. The number of hydrazone groups is 1. The molecule has 5 aromatic rings. The summed E-state index contributed by atoms with van der Waals surface area (Å²) in [6.07, 6.45) is 5.00. The van der Waals surface area contributed by atoms with Gasteiger partial charge in [0.25, 0.3) is 5.56 Å². The van der Waals surface area contributed by atoms with Crippen molar-refractivity contribution in [3.63, 3.8) is 0 Å². The molecule has 192 valence electrons. The molecule has 7 rings (SSSR count). The minimum absolute atomic E-state index is 0.116. The van der Waals surface area contributed by atoms with E-state index in [-0.39, 0.29) is 23.9 Å². The van der Waals surface area contributed by atoms with E-state index in [1.165, 1.54) is 6.33 Å². The minimum Gasteiger partial charge on any atom is -0.340 e. The highest BCUT2D eigenvalue weighted by atomic mass is 35.5. The molecule has 0 radical (unpaired) electrons. The summed E-state index contributed by atoms with van der Waals surface area (Å²) in [5.41, 5.74) is 8.86. The van der Waals surface area contributed by atoms with Crippen molar-refractivity contribution in [3.05, 3.63) is 99.6 Å². The largest absolute Gasteiger partial charge is 0.340 e. The zero-order valence-corrected chi connectivity index (χ0v) is 21.1. The number of carbonyl (C=O) groups excluding carboxylic acids is 1. The molecule has 0 unspecified atom stereocenters. The monoisotopic (exact) mass is 537 g/mol. The molecule has 2 N–H and O–H groups in total. The number of nitrogens with zero attached hydrogens (tertiary/aromatic N) is 7. The summed E-state index contributed by atoms with van der Waals surface area (Å²) >= 11 is 6.31.